The third-order valence-electron chi connectivity index (χ3n) is 3.36. The standard InChI is InChI=1S/C13H24O6/c1-7(15)9-11(19-13(4,5)17-9)10-8(6-14)16-12(2,3)18-10/h7-11,14-15H,6H2,1-5H3/t7-,8+,9+,10+,11+/m0/s1. The molecule has 2 aliphatic rings. The topological polar surface area (TPSA) is 77.4 Å². The molecular weight excluding hydrogens is 252 g/mol. The second kappa shape index (κ2) is 4.95. The Morgan fingerprint density at radius 1 is 0.947 bits per heavy atom. The minimum Gasteiger partial charge on any atom is -0.394 e. The summed E-state index contributed by atoms with van der Waals surface area (Å²) < 4.78 is 23.0. The lowest BCUT2D eigenvalue weighted by molar-refractivity contribution is -0.175. The molecule has 0 amide bonds. The van der Waals surface area contributed by atoms with Crippen LogP contribution in [0.5, 0.6) is 0 Å². The molecule has 2 fully saturated rings. The van der Waals surface area contributed by atoms with E-state index < -0.39 is 42.1 Å². The van der Waals surface area contributed by atoms with Crippen LogP contribution in [0.25, 0.3) is 0 Å². The van der Waals surface area contributed by atoms with Crippen LogP contribution in [0.4, 0.5) is 0 Å². The Morgan fingerprint density at radius 3 is 2.00 bits per heavy atom. The molecule has 0 bridgehead atoms. The summed E-state index contributed by atoms with van der Waals surface area (Å²) in [5, 5.41) is 19.3. The van der Waals surface area contributed by atoms with E-state index >= 15 is 0 Å². The Balaban J connectivity index is 2.19. The van der Waals surface area contributed by atoms with Gasteiger partial charge in [0.15, 0.2) is 11.6 Å². The lowest BCUT2D eigenvalue weighted by atomic mass is 10.0. The van der Waals surface area contributed by atoms with Gasteiger partial charge in [-0.15, -0.1) is 0 Å². The molecule has 2 N–H and O–H groups in total. The lowest BCUT2D eigenvalue weighted by Gasteiger charge is -2.26. The van der Waals surface area contributed by atoms with Gasteiger partial charge in [0, 0.05) is 0 Å². The van der Waals surface area contributed by atoms with E-state index in [1.165, 1.54) is 0 Å². The first-order chi connectivity index (χ1) is 8.65. The SMILES string of the molecule is C[C@H](O)[C@H]1OC(C)(C)O[C@H]1[C@@H]1OC(C)(C)O[C@@H]1CO. The molecule has 0 aliphatic carbocycles. The molecule has 112 valence electrons. The number of hydrogen-bond donors (Lipinski definition) is 2. The molecule has 0 aromatic rings. The summed E-state index contributed by atoms with van der Waals surface area (Å²) in [7, 11) is 0. The molecule has 2 heterocycles. The maximum absolute atomic E-state index is 9.84. The van der Waals surface area contributed by atoms with E-state index in [-0.39, 0.29) is 6.61 Å². The monoisotopic (exact) mass is 276 g/mol. The summed E-state index contributed by atoms with van der Waals surface area (Å²) in [4.78, 5) is 0. The molecule has 0 aromatic carbocycles. The van der Waals surface area contributed by atoms with Crippen molar-refractivity contribution in [2.75, 3.05) is 6.61 Å². The van der Waals surface area contributed by atoms with Gasteiger partial charge in [-0.25, -0.2) is 0 Å². The van der Waals surface area contributed by atoms with E-state index in [1.54, 1.807) is 34.6 Å². The van der Waals surface area contributed by atoms with Crippen LogP contribution in [0, 0.1) is 0 Å². The molecule has 6 nitrogen and oxygen atoms in total. The van der Waals surface area contributed by atoms with Crippen molar-refractivity contribution in [3.8, 4) is 0 Å². The van der Waals surface area contributed by atoms with Crippen LogP contribution in [0.1, 0.15) is 34.6 Å². The molecule has 19 heavy (non-hydrogen) atoms. The Labute approximate surface area is 113 Å². The van der Waals surface area contributed by atoms with Gasteiger partial charge in [0.05, 0.1) is 12.7 Å². The third kappa shape index (κ3) is 3.09. The molecule has 0 aromatic heterocycles. The highest BCUT2D eigenvalue weighted by molar-refractivity contribution is 4.96. The van der Waals surface area contributed by atoms with Gasteiger partial charge in [-0.3, -0.25) is 0 Å². The average Bonchev–Trinajstić information content (AvgIpc) is 2.74. The first kappa shape index (κ1) is 15.2. The second-order valence-corrected chi connectivity index (χ2v) is 6.13. The molecule has 2 rings (SSSR count). The van der Waals surface area contributed by atoms with Crippen LogP contribution < -0.4 is 0 Å². The summed E-state index contributed by atoms with van der Waals surface area (Å²) in [6.07, 6.45) is -2.64. The van der Waals surface area contributed by atoms with Gasteiger partial charge in [0.1, 0.15) is 24.4 Å². The second-order valence-electron chi connectivity index (χ2n) is 6.13. The molecule has 2 saturated heterocycles. The summed E-state index contributed by atoms with van der Waals surface area (Å²) in [6, 6.07) is 0. The molecule has 2 aliphatic heterocycles. The first-order valence-electron chi connectivity index (χ1n) is 6.65. The van der Waals surface area contributed by atoms with Gasteiger partial charge < -0.3 is 29.2 Å². The quantitative estimate of drug-likeness (QED) is 0.777. The fraction of sp³-hybridized carbons (Fsp3) is 1.00. The predicted octanol–water partition coefficient (Wildman–Crippen LogP) is 0.400. The van der Waals surface area contributed by atoms with E-state index in [0.29, 0.717) is 0 Å². The number of aliphatic hydroxyl groups excluding tert-OH is 2. The van der Waals surface area contributed by atoms with Gasteiger partial charge in [0.2, 0.25) is 0 Å². The maximum atomic E-state index is 9.84. The molecule has 5 atom stereocenters. The van der Waals surface area contributed by atoms with Crippen LogP contribution in [0.15, 0.2) is 0 Å². The highest BCUT2D eigenvalue weighted by atomic mass is 16.8. The summed E-state index contributed by atoms with van der Waals surface area (Å²) in [5.74, 6) is -1.57. The van der Waals surface area contributed by atoms with Gasteiger partial charge >= 0.3 is 0 Å². The Bertz CT molecular complexity index is 327. The normalized spacial score (nSPS) is 42.5. The van der Waals surface area contributed by atoms with E-state index in [0.717, 1.165) is 0 Å². The van der Waals surface area contributed by atoms with Gasteiger partial charge in [-0.2, -0.15) is 0 Å². The van der Waals surface area contributed by atoms with Crippen molar-refractivity contribution in [3.63, 3.8) is 0 Å². The lowest BCUT2D eigenvalue weighted by Crippen LogP contribution is -2.46. The average molecular weight is 276 g/mol. The third-order valence-corrected chi connectivity index (χ3v) is 3.36. The first-order valence-corrected chi connectivity index (χ1v) is 6.65. The van der Waals surface area contributed by atoms with Gasteiger partial charge in [-0.05, 0) is 34.6 Å². The summed E-state index contributed by atoms with van der Waals surface area (Å²) >= 11 is 0. The maximum Gasteiger partial charge on any atom is 0.164 e. The summed E-state index contributed by atoms with van der Waals surface area (Å²) in [6.45, 7) is 8.63. The number of ether oxygens (including phenoxy) is 4. The van der Waals surface area contributed by atoms with Crippen LogP contribution in [0.2, 0.25) is 0 Å². The Kier molecular flexibility index (Phi) is 3.94. The molecule has 0 saturated carbocycles. The van der Waals surface area contributed by atoms with Crippen molar-refractivity contribution in [2.24, 2.45) is 0 Å². The molecular formula is C13H24O6. The highest BCUT2D eigenvalue weighted by Crippen LogP contribution is 2.39. The van der Waals surface area contributed by atoms with Crippen molar-refractivity contribution in [3.05, 3.63) is 0 Å². The molecule has 0 radical (unpaired) electrons. The van der Waals surface area contributed by atoms with Gasteiger partial charge in [0.25, 0.3) is 0 Å². The fourth-order valence-electron chi connectivity index (χ4n) is 2.73. The minimum atomic E-state index is -0.789. The van der Waals surface area contributed by atoms with Crippen molar-refractivity contribution < 1.29 is 29.2 Å². The van der Waals surface area contributed by atoms with Crippen LogP contribution >= 0.6 is 0 Å². The van der Waals surface area contributed by atoms with E-state index in [4.69, 9.17) is 18.9 Å². The fourth-order valence-corrected chi connectivity index (χ4v) is 2.73. The predicted molar refractivity (Wildman–Crippen MR) is 66.4 cm³/mol. The van der Waals surface area contributed by atoms with Crippen LogP contribution in [-0.2, 0) is 18.9 Å². The van der Waals surface area contributed by atoms with E-state index in [9.17, 15) is 10.2 Å². The molecule has 0 spiro atoms. The number of hydrogen-bond acceptors (Lipinski definition) is 6. The Morgan fingerprint density at radius 2 is 1.47 bits per heavy atom. The summed E-state index contributed by atoms with van der Waals surface area (Å²) in [5.41, 5.74) is 0. The minimum absolute atomic E-state index is 0.166. The van der Waals surface area contributed by atoms with Crippen LogP contribution in [0.3, 0.4) is 0 Å². The zero-order valence-corrected chi connectivity index (χ0v) is 12.1. The van der Waals surface area contributed by atoms with Crippen molar-refractivity contribution in [1.29, 1.82) is 0 Å². The van der Waals surface area contributed by atoms with Crippen molar-refractivity contribution >= 4 is 0 Å². The highest BCUT2D eigenvalue weighted by Gasteiger charge is 2.54. The number of aliphatic hydroxyl groups is 2. The van der Waals surface area contributed by atoms with Crippen LogP contribution in [-0.4, -0.2) is 58.9 Å². The van der Waals surface area contributed by atoms with Gasteiger partial charge in [-0.1, -0.05) is 0 Å². The van der Waals surface area contributed by atoms with E-state index in [1.807, 2.05) is 0 Å². The largest absolute Gasteiger partial charge is 0.394 e. The molecule has 0 unspecified atom stereocenters. The van der Waals surface area contributed by atoms with Crippen molar-refractivity contribution in [2.45, 2.75) is 76.7 Å². The van der Waals surface area contributed by atoms with Crippen molar-refractivity contribution in [1.82, 2.24) is 0 Å². The smallest absolute Gasteiger partial charge is 0.164 e. The zero-order chi connectivity index (χ0) is 14.4. The number of rotatable bonds is 3. The molecule has 6 heteroatoms. The van der Waals surface area contributed by atoms with E-state index in [2.05, 4.69) is 0 Å². The Hall–Kier alpha value is -0.240. The zero-order valence-electron chi connectivity index (χ0n) is 12.1.